The van der Waals surface area contributed by atoms with E-state index in [9.17, 15) is 0 Å². The fraction of sp³-hybridized carbons (Fsp3) is 0.250. The lowest BCUT2D eigenvalue weighted by molar-refractivity contribution is -0.183. The first kappa shape index (κ1) is 18.5. The SMILES string of the molecule is c1ccc(COc2ccc(C3OCCCO3)cc2OCc2ccccc2)cc1. The lowest BCUT2D eigenvalue weighted by Crippen LogP contribution is -2.17. The number of hydrogen-bond donors (Lipinski definition) is 0. The molecule has 1 fully saturated rings. The molecular weight excluding hydrogens is 352 g/mol. The van der Waals surface area contributed by atoms with E-state index in [4.69, 9.17) is 18.9 Å². The summed E-state index contributed by atoms with van der Waals surface area (Å²) in [7, 11) is 0. The molecule has 0 aromatic heterocycles. The zero-order valence-corrected chi connectivity index (χ0v) is 15.8. The van der Waals surface area contributed by atoms with E-state index in [-0.39, 0.29) is 6.29 Å². The van der Waals surface area contributed by atoms with Gasteiger partial charge in [0, 0.05) is 5.56 Å². The van der Waals surface area contributed by atoms with E-state index in [2.05, 4.69) is 0 Å². The molecule has 1 heterocycles. The summed E-state index contributed by atoms with van der Waals surface area (Å²) in [4.78, 5) is 0. The molecule has 0 amide bonds. The van der Waals surface area contributed by atoms with Crippen molar-refractivity contribution in [1.82, 2.24) is 0 Å². The van der Waals surface area contributed by atoms with Crippen molar-refractivity contribution >= 4 is 0 Å². The van der Waals surface area contributed by atoms with Crippen molar-refractivity contribution in [3.8, 4) is 11.5 Å². The maximum absolute atomic E-state index is 6.11. The molecule has 0 saturated carbocycles. The van der Waals surface area contributed by atoms with Gasteiger partial charge in [-0.2, -0.15) is 0 Å². The van der Waals surface area contributed by atoms with E-state index >= 15 is 0 Å². The van der Waals surface area contributed by atoms with Crippen molar-refractivity contribution in [2.45, 2.75) is 25.9 Å². The van der Waals surface area contributed by atoms with Crippen LogP contribution in [0, 0.1) is 0 Å². The highest BCUT2D eigenvalue weighted by atomic mass is 16.7. The average molecular weight is 376 g/mol. The van der Waals surface area contributed by atoms with Crippen LogP contribution < -0.4 is 9.47 Å². The predicted octanol–water partition coefficient (Wildman–Crippen LogP) is 5.28. The molecule has 0 N–H and O–H groups in total. The fourth-order valence-corrected chi connectivity index (χ4v) is 3.05. The smallest absolute Gasteiger partial charge is 0.183 e. The van der Waals surface area contributed by atoms with Crippen LogP contribution in [0.25, 0.3) is 0 Å². The van der Waals surface area contributed by atoms with Crippen molar-refractivity contribution in [1.29, 1.82) is 0 Å². The van der Waals surface area contributed by atoms with Crippen LogP contribution in [0.4, 0.5) is 0 Å². The average Bonchev–Trinajstić information content (AvgIpc) is 2.78. The predicted molar refractivity (Wildman–Crippen MR) is 107 cm³/mol. The van der Waals surface area contributed by atoms with E-state index in [0.717, 1.165) is 23.1 Å². The van der Waals surface area contributed by atoms with Gasteiger partial charge in [-0.3, -0.25) is 0 Å². The van der Waals surface area contributed by atoms with Crippen LogP contribution in [0.5, 0.6) is 11.5 Å². The molecule has 28 heavy (non-hydrogen) atoms. The molecule has 1 aliphatic heterocycles. The molecule has 3 aromatic rings. The van der Waals surface area contributed by atoms with Gasteiger partial charge in [-0.25, -0.2) is 0 Å². The summed E-state index contributed by atoms with van der Waals surface area (Å²) in [5.74, 6) is 1.40. The van der Waals surface area contributed by atoms with Crippen molar-refractivity contribution in [3.63, 3.8) is 0 Å². The Morgan fingerprint density at radius 2 is 1.25 bits per heavy atom. The van der Waals surface area contributed by atoms with Gasteiger partial charge in [0.25, 0.3) is 0 Å². The number of rotatable bonds is 7. The molecule has 4 heteroatoms. The first-order valence-corrected chi connectivity index (χ1v) is 9.59. The van der Waals surface area contributed by atoms with E-state index in [1.165, 1.54) is 0 Å². The molecule has 144 valence electrons. The van der Waals surface area contributed by atoms with Crippen molar-refractivity contribution in [3.05, 3.63) is 95.6 Å². The van der Waals surface area contributed by atoms with Gasteiger partial charge < -0.3 is 18.9 Å². The van der Waals surface area contributed by atoms with Gasteiger partial charge >= 0.3 is 0 Å². The highest BCUT2D eigenvalue weighted by molar-refractivity contribution is 5.44. The third-order valence-corrected chi connectivity index (χ3v) is 4.54. The first-order chi connectivity index (χ1) is 13.9. The molecule has 1 saturated heterocycles. The Bertz CT molecular complexity index is 858. The van der Waals surface area contributed by atoms with E-state index in [0.29, 0.717) is 37.9 Å². The largest absolute Gasteiger partial charge is 0.485 e. The van der Waals surface area contributed by atoms with Crippen LogP contribution in [0.2, 0.25) is 0 Å². The summed E-state index contributed by atoms with van der Waals surface area (Å²) in [6, 6.07) is 26.1. The van der Waals surface area contributed by atoms with Gasteiger partial charge in [0.2, 0.25) is 0 Å². The topological polar surface area (TPSA) is 36.9 Å². The Morgan fingerprint density at radius 3 is 1.86 bits per heavy atom. The Balaban J connectivity index is 1.52. The zero-order valence-electron chi connectivity index (χ0n) is 15.8. The van der Waals surface area contributed by atoms with Crippen LogP contribution >= 0.6 is 0 Å². The highest BCUT2D eigenvalue weighted by Crippen LogP contribution is 2.34. The van der Waals surface area contributed by atoms with Gasteiger partial charge in [0.15, 0.2) is 17.8 Å². The van der Waals surface area contributed by atoms with Crippen molar-refractivity contribution < 1.29 is 18.9 Å². The van der Waals surface area contributed by atoms with Gasteiger partial charge in [-0.1, -0.05) is 66.7 Å². The Kier molecular flexibility index (Phi) is 6.22. The summed E-state index contributed by atoms with van der Waals surface area (Å²) in [5.41, 5.74) is 3.15. The summed E-state index contributed by atoms with van der Waals surface area (Å²) >= 11 is 0. The molecular formula is C24H24O4. The van der Waals surface area contributed by atoms with Crippen LogP contribution in [0.3, 0.4) is 0 Å². The molecule has 4 rings (SSSR count). The minimum absolute atomic E-state index is 0.351. The van der Waals surface area contributed by atoms with Crippen LogP contribution in [-0.2, 0) is 22.7 Å². The molecule has 1 aliphatic rings. The molecule has 0 atom stereocenters. The Labute approximate surface area is 165 Å². The maximum atomic E-state index is 6.11. The number of benzene rings is 3. The minimum Gasteiger partial charge on any atom is -0.485 e. The standard InChI is InChI=1S/C24H24O4/c1-3-8-19(9-4-1)17-27-22-13-12-21(24-25-14-7-15-26-24)16-23(22)28-18-20-10-5-2-6-11-20/h1-6,8-13,16,24H,7,14-15,17-18H2. The van der Waals surface area contributed by atoms with Crippen molar-refractivity contribution in [2.75, 3.05) is 13.2 Å². The second-order valence-electron chi connectivity index (χ2n) is 6.68. The number of ether oxygens (including phenoxy) is 4. The molecule has 4 nitrogen and oxygen atoms in total. The van der Waals surface area contributed by atoms with Crippen LogP contribution in [0.15, 0.2) is 78.9 Å². The zero-order chi connectivity index (χ0) is 19.0. The number of hydrogen-bond acceptors (Lipinski definition) is 4. The summed E-state index contributed by atoms with van der Waals surface area (Å²) in [6.45, 7) is 2.37. The summed E-state index contributed by atoms with van der Waals surface area (Å²) < 4.78 is 23.6. The van der Waals surface area contributed by atoms with E-state index < -0.39 is 0 Å². The quantitative estimate of drug-likeness (QED) is 0.562. The Morgan fingerprint density at radius 1 is 0.679 bits per heavy atom. The van der Waals surface area contributed by atoms with Gasteiger partial charge in [0.1, 0.15) is 13.2 Å². The van der Waals surface area contributed by atoms with Gasteiger partial charge in [-0.05, 0) is 29.7 Å². The molecule has 3 aromatic carbocycles. The third kappa shape index (κ3) is 4.91. The van der Waals surface area contributed by atoms with E-state index in [1.54, 1.807) is 0 Å². The Hall–Kier alpha value is -2.82. The third-order valence-electron chi connectivity index (χ3n) is 4.54. The lowest BCUT2D eigenvalue weighted by atomic mass is 10.1. The normalized spacial score (nSPS) is 14.6. The van der Waals surface area contributed by atoms with Gasteiger partial charge in [-0.15, -0.1) is 0 Å². The molecule has 0 spiro atoms. The highest BCUT2D eigenvalue weighted by Gasteiger charge is 2.19. The monoisotopic (exact) mass is 376 g/mol. The van der Waals surface area contributed by atoms with E-state index in [1.807, 2.05) is 78.9 Å². The molecule has 0 aliphatic carbocycles. The second-order valence-corrected chi connectivity index (χ2v) is 6.68. The summed E-state index contributed by atoms with van der Waals surface area (Å²) in [6.07, 6.45) is 0.572. The lowest BCUT2D eigenvalue weighted by Gasteiger charge is -2.24. The van der Waals surface area contributed by atoms with Gasteiger partial charge in [0.05, 0.1) is 13.2 Å². The van der Waals surface area contributed by atoms with Crippen molar-refractivity contribution in [2.24, 2.45) is 0 Å². The minimum atomic E-state index is -0.351. The van der Waals surface area contributed by atoms with Crippen LogP contribution in [0.1, 0.15) is 29.4 Å². The molecule has 0 unspecified atom stereocenters. The maximum Gasteiger partial charge on any atom is 0.183 e. The molecule has 0 radical (unpaired) electrons. The first-order valence-electron chi connectivity index (χ1n) is 9.59. The second kappa shape index (κ2) is 9.40. The van der Waals surface area contributed by atoms with Crippen LogP contribution in [-0.4, -0.2) is 13.2 Å². The molecule has 0 bridgehead atoms. The summed E-state index contributed by atoms with van der Waals surface area (Å²) in [5, 5.41) is 0. The fourth-order valence-electron chi connectivity index (χ4n) is 3.05.